The molecule has 0 bridgehead atoms. The van der Waals surface area contributed by atoms with Gasteiger partial charge in [0, 0.05) is 12.6 Å². The minimum absolute atomic E-state index is 0.226. The van der Waals surface area contributed by atoms with Gasteiger partial charge in [-0.25, -0.2) is 0 Å². The highest BCUT2D eigenvalue weighted by Gasteiger charge is 2.39. The van der Waals surface area contributed by atoms with E-state index < -0.39 is 0 Å². The number of hydrogen-bond donors (Lipinski definition) is 1. The number of aromatic amines is 1. The standard InChI is InChI=1S/C10H15N3OS/c1-10(5-2-6-14-10)8-11-12-9(15)13(8)7-3-4-7/h7H,2-6H2,1H3,(H,12,15). The molecular formula is C10H15N3OS. The van der Waals surface area contributed by atoms with Crippen molar-refractivity contribution in [3.05, 3.63) is 10.6 Å². The van der Waals surface area contributed by atoms with Crippen LogP contribution in [0.25, 0.3) is 0 Å². The highest BCUT2D eigenvalue weighted by Crippen LogP contribution is 2.41. The largest absolute Gasteiger partial charge is 0.367 e. The van der Waals surface area contributed by atoms with Crippen molar-refractivity contribution in [1.29, 1.82) is 0 Å². The van der Waals surface area contributed by atoms with Gasteiger partial charge in [-0.15, -0.1) is 0 Å². The fraction of sp³-hybridized carbons (Fsp3) is 0.800. The van der Waals surface area contributed by atoms with Gasteiger partial charge in [-0.05, 0) is 44.8 Å². The topological polar surface area (TPSA) is 42.8 Å². The summed E-state index contributed by atoms with van der Waals surface area (Å²) in [7, 11) is 0. The van der Waals surface area contributed by atoms with E-state index in [1.807, 2.05) is 0 Å². The van der Waals surface area contributed by atoms with E-state index in [-0.39, 0.29) is 5.60 Å². The second kappa shape index (κ2) is 3.15. The van der Waals surface area contributed by atoms with E-state index in [2.05, 4.69) is 21.7 Å². The zero-order chi connectivity index (χ0) is 10.5. The van der Waals surface area contributed by atoms with Crippen molar-refractivity contribution in [2.45, 2.75) is 44.2 Å². The monoisotopic (exact) mass is 225 g/mol. The van der Waals surface area contributed by atoms with Crippen LogP contribution in [0, 0.1) is 4.77 Å². The molecule has 1 saturated heterocycles. The Morgan fingerprint density at radius 2 is 2.40 bits per heavy atom. The third-order valence-corrected chi connectivity index (χ3v) is 3.60. The quantitative estimate of drug-likeness (QED) is 0.785. The van der Waals surface area contributed by atoms with Crippen LogP contribution >= 0.6 is 12.2 Å². The van der Waals surface area contributed by atoms with E-state index >= 15 is 0 Å². The smallest absolute Gasteiger partial charge is 0.195 e. The van der Waals surface area contributed by atoms with Gasteiger partial charge in [-0.1, -0.05) is 0 Å². The van der Waals surface area contributed by atoms with Crippen molar-refractivity contribution in [3.63, 3.8) is 0 Å². The number of nitrogens with zero attached hydrogens (tertiary/aromatic N) is 2. The van der Waals surface area contributed by atoms with E-state index in [0.717, 1.165) is 30.0 Å². The van der Waals surface area contributed by atoms with Gasteiger partial charge in [-0.2, -0.15) is 5.10 Å². The maximum absolute atomic E-state index is 5.81. The van der Waals surface area contributed by atoms with Crippen LogP contribution < -0.4 is 0 Å². The number of hydrogen-bond acceptors (Lipinski definition) is 3. The first-order chi connectivity index (χ1) is 7.21. The Morgan fingerprint density at radius 3 is 3.00 bits per heavy atom. The first kappa shape index (κ1) is 9.54. The minimum atomic E-state index is -0.226. The van der Waals surface area contributed by atoms with E-state index in [1.54, 1.807) is 0 Å². The molecule has 15 heavy (non-hydrogen) atoms. The van der Waals surface area contributed by atoms with Crippen molar-refractivity contribution in [2.75, 3.05) is 6.61 Å². The van der Waals surface area contributed by atoms with Crippen LogP contribution in [0.2, 0.25) is 0 Å². The van der Waals surface area contributed by atoms with Crippen LogP contribution in [0.4, 0.5) is 0 Å². The maximum Gasteiger partial charge on any atom is 0.195 e. The summed E-state index contributed by atoms with van der Waals surface area (Å²) in [6.07, 6.45) is 4.59. The molecule has 82 valence electrons. The van der Waals surface area contributed by atoms with Gasteiger partial charge in [0.25, 0.3) is 0 Å². The highest BCUT2D eigenvalue weighted by atomic mass is 32.1. The van der Waals surface area contributed by atoms with Gasteiger partial charge in [0.15, 0.2) is 10.6 Å². The lowest BCUT2D eigenvalue weighted by molar-refractivity contribution is 0.00609. The molecular weight excluding hydrogens is 210 g/mol. The molecule has 0 aromatic carbocycles. The van der Waals surface area contributed by atoms with E-state index in [4.69, 9.17) is 17.0 Å². The molecule has 4 nitrogen and oxygen atoms in total. The van der Waals surface area contributed by atoms with Crippen LogP contribution in [0.3, 0.4) is 0 Å². The molecule has 2 aliphatic rings. The summed E-state index contributed by atoms with van der Waals surface area (Å²) in [5.41, 5.74) is -0.226. The van der Waals surface area contributed by atoms with E-state index in [1.165, 1.54) is 12.8 Å². The average molecular weight is 225 g/mol. The fourth-order valence-electron chi connectivity index (χ4n) is 2.30. The van der Waals surface area contributed by atoms with Crippen molar-refractivity contribution < 1.29 is 4.74 Å². The van der Waals surface area contributed by atoms with Gasteiger partial charge in [0.05, 0.1) is 0 Å². The summed E-state index contributed by atoms with van der Waals surface area (Å²) in [4.78, 5) is 0. The third kappa shape index (κ3) is 1.45. The molecule has 2 fully saturated rings. The molecule has 5 heteroatoms. The predicted molar refractivity (Wildman–Crippen MR) is 58.2 cm³/mol. The Labute approximate surface area is 93.6 Å². The van der Waals surface area contributed by atoms with Gasteiger partial charge in [0.2, 0.25) is 0 Å². The zero-order valence-electron chi connectivity index (χ0n) is 8.82. The summed E-state index contributed by atoms with van der Waals surface area (Å²) >= 11 is 5.26. The molecule has 1 unspecified atom stereocenters. The van der Waals surface area contributed by atoms with Crippen molar-refractivity contribution in [1.82, 2.24) is 14.8 Å². The Morgan fingerprint density at radius 1 is 1.60 bits per heavy atom. The lowest BCUT2D eigenvalue weighted by Gasteiger charge is -2.22. The first-order valence-electron chi connectivity index (χ1n) is 5.52. The molecule has 1 aliphatic heterocycles. The lowest BCUT2D eigenvalue weighted by atomic mass is 10.0. The predicted octanol–water partition coefficient (Wildman–Crippen LogP) is 2.30. The second-order valence-electron chi connectivity index (χ2n) is 4.64. The zero-order valence-corrected chi connectivity index (χ0v) is 9.64. The van der Waals surface area contributed by atoms with Gasteiger partial charge in [0.1, 0.15) is 5.60 Å². The summed E-state index contributed by atoms with van der Waals surface area (Å²) in [6.45, 7) is 2.95. The minimum Gasteiger partial charge on any atom is -0.367 e. The Bertz CT molecular complexity index is 426. The molecule has 0 spiro atoms. The number of ether oxygens (including phenoxy) is 1. The van der Waals surface area contributed by atoms with Crippen molar-refractivity contribution in [3.8, 4) is 0 Å². The molecule has 1 aromatic heterocycles. The van der Waals surface area contributed by atoms with Gasteiger partial charge in [-0.3, -0.25) is 9.67 Å². The Hall–Kier alpha value is -0.680. The number of nitrogens with one attached hydrogen (secondary N) is 1. The van der Waals surface area contributed by atoms with Gasteiger partial charge >= 0.3 is 0 Å². The second-order valence-corrected chi connectivity index (χ2v) is 5.02. The highest BCUT2D eigenvalue weighted by molar-refractivity contribution is 7.71. The van der Waals surface area contributed by atoms with Crippen LogP contribution in [0.15, 0.2) is 0 Å². The normalized spacial score (nSPS) is 31.0. The maximum atomic E-state index is 5.81. The molecule has 1 saturated carbocycles. The molecule has 2 heterocycles. The number of H-pyrrole nitrogens is 1. The summed E-state index contributed by atoms with van der Waals surface area (Å²) in [6, 6.07) is 0.562. The molecule has 0 radical (unpaired) electrons. The molecule has 1 atom stereocenters. The number of rotatable bonds is 2. The lowest BCUT2D eigenvalue weighted by Crippen LogP contribution is -2.25. The SMILES string of the molecule is CC1(c2n[nH]c(=S)n2C2CC2)CCCO1. The molecule has 1 N–H and O–H groups in total. The molecule has 1 aromatic rings. The van der Waals surface area contributed by atoms with Gasteiger partial charge < -0.3 is 4.74 Å². The third-order valence-electron chi connectivity index (χ3n) is 3.31. The van der Waals surface area contributed by atoms with E-state index in [9.17, 15) is 0 Å². The first-order valence-corrected chi connectivity index (χ1v) is 5.93. The van der Waals surface area contributed by atoms with E-state index in [0.29, 0.717) is 6.04 Å². The Kier molecular flexibility index (Phi) is 2.01. The fourth-order valence-corrected chi connectivity index (χ4v) is 2.59. The van der Waals surface area contributed by atoms with Crippen LogP contribution in [0.5, 0.6) is 0 Å². The molecule has 0 amide bonds. The van der Waals surface area contributed by atoms with Crippen molar-refractivity contribution >= 4 is 12.2 Å². The van der Waals surface area contributed by atoms with Crippen molar-refractivity contribution in [2.24, 2.45) is 0 Å². The van der Waals surface area contributed by atoms with Crippen LogP contribution in [-0.4, -0.2) is 21.4 Å². The van der Waals surface area contributed by atoms with Crippen LogP contribution in [-0.2, 0) is 10.3 Å². The Balaban J connectivity index is 2.07. The summed E-state index contributed by atoms with van der Waals surface area (Å²) in [5, 5.41) is 7.25. The van der Waals surface area contributed by atoms with Crippen LogP contribution in [0.1, 0.15) is 44.5 Å². The summed E-state index contributed by atoms with van der Waals surface area (Å²) in [5.74, 6) is 0.993. The number of aromatic nitrogens is 3. The molecule has 1 aliphatic carbocycles. The summed E-state index contributed by atoms with van der Waals surface area (Å²) < 4.78 is 8.70. The molecule has 3 rings (SSSR count). The average Bonchev–Trinajstić information content (AvgIpc) is 2.83.